The number of hydrogen-bond donors (Lipinski definition) is 0. The van der Waals surface area contributed by atoms with Crippen LogP contribution in [0.4, 0.5) is 0 Å². The summed E-state index contributed by atoms with van der Waals surface area (Å²) in [6, 6.07) is 41.5. The zero-order chi connectivity index (χ0) is 16.9. The molecule has 0 saturated heterocycles. The van der Waals surface area contributed by atoms with E-state index in [4.69, 9.17) is 0 Å². The predicted octanol–water partition coefficient (Wildman–Crippen LogP) is 3.87. The van der Waals surface area contributed by atoms with Gasteiger partial charge >= 0.3 is 0 Å². The van der Waals surface area contributed by atoms with Crippen molar-refractivity contribution in [1.82, 2.24) is 0 Å². The zero-order valence-electron chi connectivity index (χ0n) is 14.0. The summed E-state index contributed by atoms with van der Waals surface area (Å²) in [7, 11) is -1.01. The first kappa shape index (κ1) is 15.6. The molecule has 0 atom stereocenters. The van der Waals surface area contributed by atoms with Gasteiger partial charge in [-0.05, 0) is 11.1 Å². The maximum atomic E-state index is 2.36. The lowest BCUT2D eigenvalue weighted by atomic mass is 10.1. The molecule has 1 radical (unpaired) electrons. The standard InChI is InChI=1S/C24H19Si/c1-4-11-20(12-5-1)21-13-10-18-24(19-21)25(22-14-6-2-7-15-22)23-16-8-3-9-17-23/h1-19H. The van der Waals surface area contributed by atoms with Crippen LogP contribution in [0.1, 0.15) is 0 Å². The molecule has 0 bridgehead atoms. The summed E-state index contributed by atoms with van der Waals surface area (Å²) in [5, 5.41) is 4.26. The normalized spacial score (nSPS) is 10.8. The molecule has 4 aromatic rings. The molecular weight excluding hydrogens is 316 g/mol. The third kappa shape index (κ3) is 3.47. The Labute approximate surface area is 151 Å². The minimum atomic E-state index is -1.01. The molecule has 0 heterocycles. The SMILES string of the molecule is c1ccc(-c2cccc([Si](c3ccccc3)c3ccccc3)c2)cc1. The fraction of sp³-hybridized carbons (Fsp3) is 0. The van der Waals surface area contributed by atoms with Gasteiger partial charge in [-0.25, -0.2) is 0 Å². The van der Waals surface area contributed by atoms with Gasteiger partial charge in [0.25, 0.3) is 0 Å². The van der Waals surface area contributed by atoms with Gasteiger partial charge in [-0.3, -0.25) is 0 Å². The van der Waals surface area contributed by atoms with Crippen LogP contribution in [0.5, 0.6) is 0 Å². The zero-order valence-corrected chi connectivity index (χ0v) is 15.0. The maximum Gasteiger partial charge on any atom is 0.154 e. The van der Waals surface area contributed by atoms with Gasteiger partial charge in [-0.1, -0.05) is 131 Å². The lowest BCUT2D eigenvalue weighted by Crippen LogP contribution is -2.51. The average molecular weight is 336 g/mol. The van der Waals surface area contributed by atoms with Crippen molar-refractivity contribution in [1.29, 1.82) is 0 Å². The fourth-order valence-electron chi connectivity index (χ4n) is 3.19. The second kappa shape index (κ2) is 7.33. The van der Waals surface area contributed by atoms with E-state index in [9.17, 15) is 0 Å². The summed E-state index contributed by atoms with van der Waals surface area (Å²) in [5.74, 6) is 0. The Morgan fingerprint density at radius 2 is 0.800 bits per heavy atom. The van der Waals surface area contributed by atoms with Crippen LogP contribution in [0.25, 0.3) is 11.1 Å². The monoisotopic (exact) mass is 335 g/mol. The lowest BCUT2D eigenvalue weighted by molar-refractivity contribution is 1.63. The van der Waals surface area contributed by atoms with E-state index >= 15 is 0 Å². The van der Waals surface area contributed by atoms with Crippen molar-refractivity contribution >= 4 is 24.4 Å². The molecule has 4 rings (SSSR count). The van der Waals surface area contributed by atoms with E-state index < -0.39 is 8.80 Å². The molecule has 0 saturated carbocycles. The van der Waals surface area contributed by atoms with E-state index in [0.717, 1.165) is 0 Å². The van der Waals surface area contributed by atoms with Crippen molar-refractivity contribution in [3.8, 4) is 11.1 Å². The summed E-state index contributed by atoms with van der Waals surface area (Å²) in [6.07, 6.45) is 0. The van der Waals surface area contributed by atoms with Crippen LogP contribution in [0.2, 0.25) is 0 Å². The average Bonchev–Trinajstić information content (AvgIpc) is 2.71. The van der Waals surface area contributed by atoms with Crippen LogP contribution in [0.15, 0.2) is 115 Å². The topological polar surface area (TPSA) is 0 Å². The highest BCUT2D eigenvalue weighted by atomic mass is 28.3. The summed E-state index contributed by atoms with van der Waals surface area (Å²) >= 11 is 0. The molecule has 1 heteroatoms. The van der Waals surface area contributed by atoms with Gasteiger partial charge in [0.05, 0.1) is 0 Å². The molecule has 0 aliphatic rings. The molecule has 4 aromatic carbocycles. The van der Waals surface area contributed by atoms with Gasteiger partial charge in [-0.15, -0.1) is 0 Å². The second-order valence-electron chi connectivity index (χ2n) is 6.05. The first-order valence-corrected chi connectivity index (χ1v) is 10.1. The van der Waals surface area contributed by atoms with Crippen molar-refractivity contribution < 1.29 is 0 Å². The van der Waals surface area contributed by atoms with Crippen molar-refractivity contribution in [2.45, 2.75) is 0 Å². The molecule has 0 N–H and O–H groups in total. The summed E-state index contributed by atoms with van der Waals surface area (Å²) in [4.78, 5) is 0. The molecular formula is C24H19Si. The second-order valence-corrected chi connectivity index (χ2v) is 8.54. The molecule has 0 fully saturated rings. The smallest absolute Gasteiger partial charge is 0.0624 e. The Kier molecular flexibility index (Phi) is 4.58. The molecule has 0 aliphatic heterocycles. The molecule has 0 aliphatic carbocycles. The maximum absolute atomic E-state index is 2.36. The van der Waals surface area contributed by atoms with Crippen molar-refractivity contribution in [2.24, 2.45) is 0 Å². The van der Waals surface area contributed by atoms with Crippen LogP contribution in [0.3, 0.4) is 0 Å². The number of rotatable bonds is 4. The molecule has 0 unspecified atom stereocenters. The van der Waals surface area contributed by atoms with Gasteiger partial charge in [0.1, 0.15) is 0 Å². The lowest BCUT2D eigenvalue weighted by Gasteiger charge is -2.17. The quantitative estimate of drug-likeness (QED) is 0.392. The largest absolute Gasteiger partial charge is 0.154 e. The van der Waals surface area contributed by atoms with E-state index in [1.807, 2.05) is 0 Å². The van der Waals surface area contributed by atoms with Crippen molar-refractivity contribution in [3.63, 3.8) is 0 Å². The molecule has 0 spiro atoms. The number of benzene rings is 4. The third-order valence-electron chi connectivity index (χ3n) is 4.38. The summed E-state index contributed by atoms with van der Waals surface area (Å²) in [5.41, 5.74) is 2.55. The van der Waals surface area contributed by atoms with Crippen LogP contribution < -0.4 is 15.6 Å². The Morgan fingerprint density at radius 1 is 0.360 bits per heavy atom. The van der Waals surface area contributed by atoms with Gasteiger partial charge in [0.15, 0.2) is 8.80 Å². The predicted molar refractivity (Wildman–Crippen MR) is 109 cm³/mol. The summed E-state index contributed by atoms with van der Waals surface area (Å²) in [6.45, 7) is 0. The Balaban J connectivity index is 1.83. The van der Waals surface area contributed by atoms with Gasteiger partial charge < -0.3 is 0 Å². The van der Waals surface area contributed by atoms with Crippen molar-refractivity contribution in [2.75, 3.05) is 0 Å². The highest BCUT2D eigenvalue weighted by Crippen LogP contribution is 2.17. The molecule has 0 nitrogen and oxygen atoms in total. The first-order chi connectivity index (χ1) is 12.4. The molecule has 119 valence electrons. The highest BCUT2D eigenvalue weighted by Gasteiger charge is 2.19. The molecule has 25 heavy (non-hydrogen) atoms. The van der Waals surface area contributed by atoms with Gasteiger partial charge in [0.2, 0.25) is 0 Å². The Bertz CT molecular complexity index is 892. The van der Waals surface area contributed by atoms with Crippen molar-refractivity contribution in [3.05, 3.63) is 115 Å². The van der Waals surface area contributed by atoms with E-state index in [1.54, 1.807) is 0 Å². The van der Waals surface area contributed by atoms with Crippen LogP contribution in [-0.4, -0.2) is 8.80 Å². The van der Waals surface area contributed by atoms with Crippen LogP contribution in [-0.2, 0) is 0 Å². The molecule has 0 aromatic heterocycles. The summed E-state index contributed by atoms with van der Waals surface area (Å²) < 4.78 is 0. The van der Waals surface area contributed by atoms with E-state index in [1.165, 1.54) is 26.7 Å². The molecule has 0 amide bonds. The minimum Gasteiger partial charge on any atom is -0.0624 e. The van der Waals surface area contributed by atoms with E-state index in [2.05, 4.69) is 115 Å². The number of hydrogen-bond acceptors (Lipinski definition) is 0. The third-order valence-corrected chi connectivity index (χ3v) is 7.09. The van der Waals surface area contributed by atoms with Gasteiger partial charge in [0, 0.05) is 0 Å². The minimum absolute atomic E-state index is 1.01. The Morgan fingerprint density at radius 3 is 1.36 bits per heavy atom. The van der Waals surface area contributed by atoms with Crippen LogP contribution in [0, 0.1) is 0 Å². The van der Waals surface area contributed by atoms with Gasteiger partial charge in [-0.2, -0.15) is 0 Å². The first-order valence-electron chi connectivity index (χ1n) is 8.55. The fourth-order valence-corrected chi connectivity index (χ4v) is 5.81. The highest BCUT2D eigenvalue weighted by molar-refractivity contribution is 6.95. The van der Waals surface area contributed by atoms with E-state index in [-0.39, 0.29) is 0 Å². The Hall–Kier alpha value is -2.90. The van der Waals surface area contributed by atoms with Crippen LogP contribution >= 0.6 is 0 Å². The van der Waals surface area contributed by atoms with E-state index in [0.29, 0.717) is 0 Å².